The van der Waals surface area contributed by atoms with Crippen LogP contribution < -0.4 is 0 Å². The second kappa shape index (κ2) is 8.46. The highest BCUT2D eigenvalue weighted by molar-refractivity contribution is 7.86. The summed E-state index contributed by atoms with van der Waals surface area (Å²) in [5.74, 6) is 1.05. The van der Waals surface area contributed by atoms with Crippen LogP contribution in [0.3, 0.4) is 0 Å². The Morgan fingerprint density at radius 3 is 2.25 bits per heavy atom. The van der Waals surface area contributed by atoms with Gasteiger partial charge in [-0.05, 0) is 37.1 Å². The predicted octanol–water partition coefficient (Wildman–Crippen LogP) is 2.24. The molecule has 2 fully saturated rings. The molecule has 3 heterocycles. The van der Waals surface area contributed by atoms with E-state index in [0.717, 1.165) is 24.8 Å². The lowest BCUT2D eigenvalue weighted by Gasteiger charge is -2.37. The fourth-order valence-corrected chi connectivity index (χ4v) is 5.40. The van der Waals surface area contributed by atoms with Crippen LogP contribution in [-0.2, 0) is 16.8 Å². The van der Waals surface area contributed by atoms with Crippen LogP contribution in [0.4, 0.5) is 0 Å². The third-order valence-corrected chi connectivity index (χ3v) is 7.52. The summed E-state index contributed by atoms with van der Waals surface area (Å²) < 4.78 is 34.1. The van der Waals surface area contributed by atoms with Crippen molar-refractivity contribution in [3.63, 3.8) is 0 Å². The van der Waals surface area contributed by atoms with Crippen molar-refractivity contribution in [2.45, 2.75) is 25.8 Å². The van der Waals surface area contributed by atoms with Gasteiger partial charge in [-0.1, -0.05) is 23.2 Å². The Bertz CT molecular complexity index is 888. The van der Waals surface area contributed by atoms with Gasteiger partial charge in [-0.25, -0.2) is 0 Å². The number of rotatable bonds is 5. The average molecular weight is 426 g/mol. The standard InChI is InChI=1S/C18H24ClN5O3S/c19-16-6-4-15(5-7-16)18-20-17(27-21-18)14-22-10-12-24(13-11-22)28(25,26)23-8-2-1-3-9-23/h4-7H,1-3,8-14H2. The van der Waals surface area contributed by atoms with E-state index in [1.54, 1.807) is 20.7 Å². The molecule has 0 N–H and O–H groups in total. The smallest absolute Gasteiger partial charge is 0.282 e. The van der Waals surface area contributed by atoms with Gasteiger partial charge in [0.15, 0.2) is 0 Å². The molecule has 1 aromatic carbocycles. The highest BCUT2D eigenvalue weighted by Gasteiger charge is 2.33. The molecule has 0 unspecified atom stereocenters. The molecular weight excluding hydrogens is 402 g/mol. The molecule has 0 aliphatic carbocycles. The minimum Gasteiger partial charge on any atom is -0.338 e. The quantitative estimate of drug-likeness (QED) is 0.730. The van der Waals surface area contributed by atoms with E-state index >= 15 is 0 Å². The lowest BCUT2D eigenvalue weighted by molar-refractivity contribution is 0.157. The van der Waals surface area contributed by atoms with Crippen molar-refractivity contribution < 1.29 is 12.9 Å². The van der Waals surface area contributed by atoms with Gasteiger partial charge >= 0.3 is 0 Å². The number of aromatic nitrogens is 2. The minimum absolute atomic E-state index is 0.483. The van der Waals surface area contributed by atoms with Gasteiger partial charge in [0.2, 0.25) is 11.7 Å². The van der Waals surface area contributed by atoms with E-state index in [9.17, 15) is 8.42 Å². The zero-order chi connectivity index (χ0) is 19.6. The Balaban J connectivity index is 1.33. The van der Waals surface area contributed by atoms with Crippen molar-refractivity contribution in [1.29, 1.82) is 0 Å². The molecule has 2 saturated heterocycles. The summed E-state index contributed by atoms with van der Waals surface area (Å²) in [7, 11) is -3.34. The van der Waals surface area contributed by atoms with Crippen LogP contribution >= 0.6 is 11.6 Å². The van der Waals surface area contributed by atoms with Crippen LogP contribution in [0.5, 0.6) is 0 Å². The number of hydrogen-bond donors (Lipinski definition) is 0. The molecule has 0 bridgehead atoms. The minimum atomic E-state index is -3.34. The second-order valence-corrected chi connectivity index (χ2v) is 9.53. The number of hydrogen-bond acceptors (Lipinski definition) is 6. The van der Waals surface area contributed by atoms with Gasteiger partial charge in [0.25, 0.3) is 10.2 Å². The second-order valence-electron chi connectivity index (χ2n) is 7.16. The zero-order valence-corrected chi connectivity index (χ0v) is 17.2. The van der Waals surface area contributed by atoms with Crippen LogP contribution in [0.2, 0.25) is 5.02 Å². The van der Waals surface area contributed by atoms with Crippen molar-refractivity contribution in [2.24, 2.45) is 0 Å². The maximum absolute atomic E-state index is 12.8. The first kappa shape index (κ1) is 19.8. The Labute approximate surface area is 170 Å². The van der Waals surface area contributed by atoms with Crippen molar-refractivity contribution >= 4 is 21.8 Å². The lowest BCUT2D eigenvalue weighted by atomic mass is 10.2. The fourth-order valence-electron chi connectivity index (χ4n) is 3.60. The molecule has 28 heavy (non-hydrogen) atoms. The lowest BCUT2D eigenvalue weighted by Crippen LogP contribution is -2.53. The van der Waals surface area contributed by atoms with E-state index in [2.05, 4.69) is 15.0 Å². The summed E-state index contributed by atoms with van der Waals surface area (Å²) in [6, 6.07) is 7.27. The van der Waals surface area contributed by atoms with Gasteiger partial charge in [0, 0.05) is 49.9 Å². The molecule has 4 rings (SSSR count). The van der Waals surface area contributed by atoms with Crippen LogP contribution in [0.1, 0.15) is 25.2 Å². The Morgan fingerprint density at radius 1 is 0.929 bits per heavy atom. The highest BCUT2D eigenvalue weighted by Crippen LogP contribution is 2.21. The molecular formula is C18H24ClN5O3S. The first-order chi connectivity index (χ1) is 13.5. The molecule has 0 amide bonds. The Hall–Kier alpha value is -1.52. The summed E-state index contributed by atoms with van der Waals surface area (Å²) in [6.07, 6.45) is 3.01. The van der Waals surface area contributed by atoms with Gasteiger partial charge in [0.05, 0.1) is 6.54 Å². The highest BCUT2D eigenvalue weighted by atomic mass is 35.5. The van der Waals surface area contributed by atoms with Gasteiger partial charge < -0.3 is 4.52 Å². The molecule has 0 saturated carbocycles. The largest absolute Gasteiger partial charge is 0.338 e. The first-order valence-corrected chi connectivity index (χ1v) is 11.4. The summed E-state index contributed by atoms with van der Waals surface area (Å²) >= 11 is 5.91. The van der Waals surface area contributed by atoms with Crippen molar-refractivity contribution in [3.8, 4) is 11.4 Å². The topological polar surface area (TPSA) is 82.8 Å². The van der Waals surface area contributed by atoms with Crippen LogP contribution in [0.25, 0.3) is 11.4 Å². The molecule has 0 atom stereocenters. The Kier molecular flexibility index (Phi) is 5.98. The number of halogens is 1. The molecule has 0 spiro atoms. The predicted molar refractivity (Wildman–Crippen MR) is 106 cm³/mol. The molecule has 2 aliphatic rings. The molecule has 2 aliphatic heterocycles. The van der Waals surface area contributed by atoms with E-state index in [1.807, 2.05) is 12.1 Å². The summed E-state index contributed by atoms with van der Waals surface area (Å²) in [6.45, 7) is 4.04. The average Bonchev–Trinajstić information content (AvgIpc) is 3.18. The van der Waals surface area contributed by atoms with E-state index in [0.29, 0.717) is 62.6 Å². The molecule has 8 nitrogen and oxygen atoms in total. The normalized spacial score (nSPS) is 20.5. The van der Waals surface area contributed by atoms with Gasteiger partial charge in [-0.3, -0.25) is 4.90 Å². The van der Waals surface area contributed by atoms with Crippen LogP contribution in [0.15, 0.2) is 28.8 Å². The Morgan fingerprint density at radius 2 is 1.57 bits per heavy atom. The van der Waals surface area contributed by atoms with Gasteiger partial charge in [0.1, 0.15) is 0 Å². The van der Waals surface area contributed by atoms with Crippen LogP contribution in [0, 0.1) is 0 Å². The zero-order valence-electron chi connectivity index (χ0n) is 15.6. The summed E-state index contributed by atoms with van der Waals surface area (Å²) in [4.78, 5) is 6.58. The molecule has 1 aromatic heterocycles. The van der Waals surface area contributed by atoms with E-state index in [1.165, 1.54) is 0 Å². The van der Waals surface area contributed by atoms with E-state index in [4.69, 9.17) is 16.1 Å². The molecule has 0 radical (unpaired) electrons. The fraction of sp³-hybridized carbons (Fsp3) is 0.556. The number of piperidine rings is 1. The molecule has 2 aromatic rings. The molecule has 10 heteroatoms. The summed E-state index contributed by atoms with van der Waals surface area (Å²) in [5, 5.41) is 4.69. The number of piperazine rings is 1. The van der Waals surface area contributed by atoms with Crippen molar-refractivity contribution in [2.75, 3.05) is 39.3 Å². The van der Waals surface area contributed by atoms with E-state index < -0.39 is 10.2 Å². The van der Waals surface area contributed by atoms with Gasteiger partial charge in [-0.15, -0.1) is 0 Å². The first-order valence-electron chi connectivity index (χ1n) is 9.58. The van der Waals surface area contributed by atoms with Gasteiger partial charge in [-0.2, -0.15) is 22.0 Å². The van der Waals surface area contributed by atoms with Crippen molar-refractivity contribution in [1.82, 2.24) is 23.7 Å². The van der Waals surface area contributed by atoms with Crippen LogP contribution in [-0.4, -0.2) is 71.3 Å². The SMILES string of the molecule is O=S(=O)(N1CCCCC1)N1CCN(Cc2nc(-c3ccc(Cl)cc3)no2)CC1. The summed E-state index contributed by atoms with van der Waals surface area (Å²) in [5.41, 5.74) is 0.844. The number of nitrogens with zero attached hydrogens (tertiary/aromatic N) is 5. The number of benzene rings is 1. The maximum Gasteiger partial charge on any atom is 0.282 e. The monoisotopic (exact) mass is 425 g/mol. The third-order valence-electron chi connectivity index (χ3n) is 5.23. The molecule has 152 valence electrons. The maximum atomic E-state index is 12.8. The van der Waals surface area contributed by atoms with E-state index in [-0.39, 0.29) is 0 Å². The van der Waals surface area contributed by atoms with Crippen molar-refractivity contribution in [3.05, 3.63) is 35.2 Å². The third kappa shape index (κ3) is 4.38.